The number of rotatable bonds is 4. The molecule has 0 spiro atoms. The minimum atomic E-state index is -0.343. The van der Waals surface area contributed by atoms with Crippen LogP contribution in [-0.4, -0.2) is 74.6 Å². The molecule has 2 fully saturated rings. The Morgan fingerprint density at radius 1 is 1.10 bits per heavy atom. The Morgan fingerprint density at radius 3 is 2.60 bits per heavy atom. The van der Waals surface area contributed by atoms with E-state index >= 15 is 0 Å². The first-order chi connectivity index (χ1) is 14.6. The number of benzene rings is 1. The highest BCUT2D eigenvalue weighted by atomic mass is 16.5. The Morgan fingerprint density at radius 2 is 1.90 bits per heavy atom. The van der Waals surface area contributed by atoms with Crippen molar-refractivity contribution in [1.82, 2.24) is 24.6 Å². The van der Waals surface area contributed by atoms with Crippen molar-refractivity contribution in [3.63, 3.8) is 0 Å². The number of hydrogen-bond acceptors (Lipinski definition) is 6. The Hall–Kier alpha value is -3.07. The maximum Gasteiger partial charge on any atom is 0.261 e. The third-order valence-electron chi connectivity index (χ3n) is 6.19. The first-order valence-electron chi connectivity index (χ1n) is 10.4. The number of fused-ring (bicyclic) bond motifs is 1. The van der Waals surface area contributed by atoms with E-state index in [0.29, 0.717) is 36.4 Å². The van der Waals surface area contributed by atoms with Crippen molar-refractivity contribution in [1.29, 1.82) is 0 Å². The zero-order chi connectivity index (χ0) is 20.7. The Bertz CT molecular complexity index is 975. The Balaban J connectivity index is 1.28. The molecule has 1 atom stereocenters. The van der Waals surface area contributed by atoms with E-state index in [1.165, 1.54) is 11.2 Å². The largest absolute Gasteiger partial charge is 0.376 e. The molecule has 9 heteroatoms. The van der Waals surface area contributed by atoms with Crippen LogP contribution >= 0.6 is 0 Å². The van der Waals surface area contributed by atoms with Gasteiger partial charge in [0.05, 0.1) is 29.8 Å². The van der Waals surface area contributed by atoms with Crippen molar-refractivity contribution in [2.75, 3.05) is 26.2 Å². The lowest BCUT2D eigenvalue weighted by molar-refractivity contribution is 0.0475. The monoisotopic (exact) mass is 409 g/mol. The van der Waals surface area contributed by atoms with Crippen LogP contribution in [0.5, 0.6) is 0 Å². The fourth-order valence-corrected chi connectivity index (χ4v) is 4.50. The van der Waals surface area contributed by atoms with E-state index in [2.05, 4.69) is 10.1 Å². The molecule has 0 N–H and O–H groups in total. The standard InChI is InChI=1S/C21H23N5O4/c27-19(24-7-5-15(6-8-24)26-13-22-12-23-26)14-3-4-17-18(10-14)21(29)25(20(17)28)11-16-2-1-9-30-16/h3-4,10,12-13,15-16H,1-2,5-9,11H2. The fourth-order valence-electron chi connectivity index (χ4n) is 4.50. The van der Waals surface area contributed by atoms with Gasteiger partial charge in [0.15, 0.2) is 0 Å². The maximum atomic E-state index is 13.0. The molecule has 0 saturated carbocycles. The van der Waals surface area contributed by atoms with Gasteiger partial charge in [-0.2, -0.15) is 5.10 Å². The quantitative estimate of drug-likeness (QED) is 0.711. The third-order valence-corrected chi connectivity index (χ3v) is 6.19. The van der Waals surface area contributed by atoms with Crippen LogP contribution in [-0.2, 0) is 4.74 Å². The molecule has 0 radical (unpaired) electrons. The number of carbonyl (C=O) groups excluding carboxylic acids is 3. The lowest BCUT2D eigenvalue weighted by Crippen LogP contribution is -2.39. The van der Waals surface area contributed by atoms with Crippen LogP contribution < -0.4 is 0 Å². The highest BCUT2D eigenvalue weighted by Crippen LogP contribution is 2.28. The zero-order valence-corrected chi connectivity index (χ0v) is 16.6. The van der Waals surface area contributed by atoms with Gasteiger partial charge in [0.25, 0.3) is 17.7 Å². The molecule has 0 aliphatic carbocycles. The predicted molar refractivity (Wildman–Crippen MR) is 105 cm³/mol. The van der Waals surface area contributed by atoms with Gasteiger partial charge in [-0.1, -0.05) is 0 Å². The fraction of sp³-hybridized carbons (Fsp3) is 0.476. The van der Waals surface area contributed by atoms with Crippen LogP contribution in [0.4, 0.5) is 0 Å². The lowest BCUT2D eigenvalue weighted by atomic mass is 10.0. The van der Waals surface area contributed by atoms with Crippen LogP contribution in [0, 0.1) is 0 Å². The van der Waals surface area contributed by atoms with E-state index in [1.54, 1.807) is 29.4 Å². The van der Waals surface area contributed by atoms with E-state index in [1.807, 2.05) is 4.68 Å². The average molecular weight is 409 g/mol. The predicted octanol–water partition coefficient (Wildman–Crippen LogP) is 1.53. The average Bonchev–Trinajstić information content (AvgIpc) is 3.53. The van der Waals surface area contributed by atoms with Gasteiger partial charge < -0.3 is 9.64 Å². The molecule has 0 bridgehead atoms. The molecule has 3 amide bonds. The number of nitrogens with zero attached hydrogens (tertiary/aromatic N) is 5. The van der Waals surface area contributed by atoms with Crippen LogP contribution in [0.3, 0.4) is 0 Å². The van der Waals surface area contributed by atoms with Gasteiger partial charge in [0.2, 0.25) is 0 Å². The molecule has 2 saturated heterocycles. The second-order valence-corrected chi connectivity index (χ2v) is 8.02. The normalized spacial score (nSPS) is 22.1. The van der Waals surface area contributed by atoms with Crippen molar-refractivity contribution < 1.29 is 19.1 Å². The minimum absolute atomic E-state index is 0.0976. The van der Waals surface area contributed by atoms with Gasteiger partial charge in [-0.3, -0.25) is 19.3 Å². The molecular formula is C21H23N5O4. The summed E-state index contributed by atoms with van der Waals surface area (Å²) in [4.78, 5) is 45.5. The van der Waals surface area contributed by atoms with Crippen LogP contribution in [0.15, 0.2) is 30.9 Å². The molecule has 2 aromatic rings. The summed E-state index contributed by atoms with van der Waals surface area (Å²) in [5, 5.41) is 4.19. The summed E-state index contributed by atoms with van der Waals surface area (Å²) in [6, 6.07) is 5.05. The smallest absolute Gasteiger partial charge is 0.261 e. The van der Waals surface area contributed by atoms with Gasteiger partial charge in [-0.25, -0.2) is 9.67 Å². The van der Waals surface area contributed by atoms with Crippen LogP contribution in [0.1, 0.15) is 62.8 Å². The Kier molecular flexibility index (Phi) is 4.82. The molecule has 1 unspecified atom stereocenters. The number of carbonyl (C=O) groups is 3. The summed E-state index contributed by atoms with van der Waals surface area (Å²) in [5.41, 5.74) is 1.11. The minimum Gasteiger partial charge on any atom is -0.376 e. The first kappa shape index (κ1) is 18.9. The zero-order valence-electron chi connectivity index (χ0n) is 16.6. The summed E-state index contributed by atoms with van der Waals surface area (Å²) in [6.45, 7) is 2.16. The van der Waals surface area contributed by atoms with Crippen molar-refractivity contribution in [3.05, 3.63) is 47.5 Å². The van der Waals surface area contributed by atoms with Gasteiger partial charge in [-0.05, 0) is 43.9 Å². The van der Waals surface area contributed by atoms with Crippen molar-refractivity contribution >= 4 is 17.7 Å². The van der Waals surface area contributed by atoms with Crippen LogP contribution in [0.25, 0.3) is 0 Å². The van der Waals surface area contributed by atoms with E-state index in [9.17, 15) is 14.4 Å². The van der Waals surface area contributed by atoms with Crippen molar-refractivity contribution in [2.45, 2.75) is 37.8 Å². The molecule has 4 heterocycles. The highest BCUT2D eigenvalue weighted by molar-refractivity contribution is 6.22. The SMILES string of the molecule is O=C(c1ccc2c(c1)C(=O)N(CC1CCCO1)C2=O)N1CCC(n2cncn2)CC1. The highest BCUT2D eigenvalue weighted by Gasteiger charge is 2.38. The van der Waals surface area contributed by atoms with Gasteiger partial charge in [0.1, 0.15) is 12.7 Å². The lowest BCUT2D eigenvalue weighted by Gasteiger charge is -2.32. The molecule has 1 aromatic carbocycles. The number of hydrogen-bond donors (Lipinski definition) is 0. The van der Waals surface area contributed by atoms with Gasteiger partial charge >= 0.3 is 0 Å². The summed E-state index contributed by atoms with van der Waals surface area (Å²) >= 11 is 0. The second kappa shape index (κ2) is 7.64. The molecule has 3 aliphatic rings. The molecule has 30 heavy (non-hydrogen) atoms. The topological polar surface area (TPSA) is 97.6 Å². The summed E-state index contributed by atoms with van der Waals surface area (Å²) in [7, 11) is 0. The first-order valence-corrected chi connectivity index (χ1v) is 10.4. The number of amides is 3. The molecule has 1 aromatic heterocycles. The number of ether oxygens (including phenoxy) is 1. The third kappa shape index (κ3) is 3.28. The molecule has 3 aliphatic heterocycles. The van der Waals surface area contributed by atoms with Crippen molar-refractivity contribution in [3.8, 4) is 0 Å². The van der Waals surface area contributed by atoms with E-state index in [0.717, 1.165) is 25.7 Å². The number of piperidine rings is 1. The molecule has 9 nitrogen and oxygen atoms in total. The molecule has 156 valence electrons. The van der Waals surface area contributed by atoms with E-state index in [-0.39, 0.29) is 36.4 Å². The van der Waals surface area contributed by atoms with E-state index in [4.69, 9.17) is 4.74 Å². The van der Waals surface area contributed by atoms with Crippen molar-refractivity contribution in [2.24, 2.45) is 0 Å². The van der Waals surface area contributed by atoms with Crippen LogP contribution in [0.2, 0.25) is 0 Å². The Labute approximate surface area is 173 Å². The van der Waals surface area contributed by atoms with Gasteiger partial charge in [0, 0.05) is 25.3 Å². The van der Waals surface area contributed by atoms with Gasteiger partial charge in [-0.15, -0.1) is 0 Å². The number of likely N-dealkylation sites (tertiary alicyclic amines) is 1. The number of imide groups is 1. The summed E-state index contributed by atoms with van der Waals surface area (Å²) in [5.74, 6) is -0.768. The van der Waals surface area contributed by atoms with E-state index < -0.39 is 0 Å². The maximum absolute atomic E-state index is 13.0. The summed E-state index contributed by atoms with van der Waals surface area (Å²) < 4.78 is 7.41. The molecule has 5 rings (SSSR count). The number of aromatic nitrogens is 3. The summed E-state index contributed by atoms with van der Waals surface area (Å²) in [6.07, 6.45) is 6.51. The second-order valence-electron chi connectivity index (χ2n) is 8.02. The molecular weight excluding hydrogens is 386 g/mol.